The summed E-state index contributed by atoms with van der Waals surface area (Å²) in [5, 5.41) is 0. The molecule has 0 radical (unpaired) electrons. The minimum Gasteiger partial charge on any atom is -0.496 e. The lowest BCUT2D eigenvalue weighted by atomic mass is 10.1. The van der Waals surface area contributed by atoms with Crippen molar-refractivity contribution in [2.45, 2.75) is 13.5 Å². The number of amides is 1. The summed E-state index contributed by atoms with van der Waals surface area (Å²) < 4.78 is 16.3. The fourth-order valence-electron chi connectivity index (χ4n) is 3.58. The van der Waals surface area contributed by atoms with Crippen LogP contribution in [0.1, 0.15) is 22.8 Å². The monoisotopic (exact) mass is 385 g/mol. The minimum atomic E-state index is -0.0329. The maximum Gasteiger partial charge on any atom is 0.261 e. The third-order valence-electron chi connectivity index (χ3n) is 5.09. The second-order valence-electron chi connectivity index (χ2n) is 6.83. The van der Waals surface area contributed by atoms with Gasteiger partial charge in [0.05, 0.1) is 47.0 Å². The highest BCUT2D eigenvalue weighted by atomic mass is 16.5. The molecular weight excluding hydrogens is 356 g/mol. The molecular formula is C22H29N2O4+. The molecule has 2 aromatic rings. The van der Waals surface area contributed by atoms with E-state index in [0.717, 1.165) is 25.4 Å². The van der Waals surface area contributed by atoms with Gasteiger partial charge in [-0.3, -0.25) is 4.79 Å². The van der Waals surface area contributed by atoms with Gasteiger partial charge in [-0.15, -0.1) is 0 Å². The summed E-state index contributed by atoms with van der Waals surface area (Å²) in [5.74, 6) is 1.97. The predicted molar refractivity (Wildman–Crippen MR) is 107 cm³/mol. The maximum absolute atomic E-state index is 13.1. The minimum absolute atomic E-state index is 0.0329. The smallest absolute Gasteiger partial charge is 0.261 e. The molecule has 6 nitrogen and oxygen atoms in total. The van der Waals surface area contributed by atoms with Gasteiger partial charge in [-0.25, -0.2) is 0 Å². The number of nitrogens with one attached hydrogen (secondary N) is 1. The second kappa shape index (κ2) is 9.46. The van der Waals surface area contributed by atoms with Gasteiger partial charge in [-0.1, -0.05) is 6.07 Å². The van der Waals surface area contributed by atoms with Crippen molar-refractivity contribution in [1.82, 2.24) is 4.90 Å². The molecule has 1 heterocycles. The van der Waals surface area contributed by atoms with E-state index in [1.165, 1.54) is 10.5 Å². The fraction of sp³-hybridized carbons (Fsp3) is 0.409. The van der Waals surface area contributed by atoms with Crippen LogP contribution in [0.25, 0.3) is 0 Å². The molecule has 1 aliphatic heterocycles. The average molecular weight is 385 g/mol. The Labute approximate surface area is 166 Å². The van der Waals surface area contributed by atoms with Crippen molar-refractivity contribution >= 4 is 5.91 Å². The largest absolute Gasteiger partial charge is 0.496 e. The van der Waals surface area contributed by atoms with Crippen molar-refractivity contribution in [3.8, 4) is 17.2 Å². The molecule has 0 spiro atoms. The Bertz CT molecular complexity index is 761. The van der Waals surface area contributed by atoms with Gasteiger partial charge in [0, 0.05) is 5.56 Å². The molecule has 0 atom stereocenters. The zero-order valence-electron chi connectivity index (χ0n) is 16.9. The van der Waals surface area contributed by atoms with Crippen LogP contribution < -0.4 is 19.1 Å². The zero-order valence-corrected chi connectivity index (χ0v) is 16.9. The quantitative estimate of drug-likeness (QED) is 0.787. The van der Waals surface area contributed by atoms with Crippen LogP contribution in [0.2, 0.25) is 0 Å². The number of rotatable bonds is 7. The number of carbonyl (C=O) groups excluding carboxylic acids is 1. The van der Waals surface area contributed by atoms with E-state index in [4.69, 9.17) is 14.2 Å². The van der Waals surface area contributed by atoms with Crippen LogP contribution in [-0.4, -0.2) is 57.8 Å². The number of methoxy groups -OCH3 is 2. The molecule has 1 N–H and O–H groups in total. The normalized spacial score (nSPS) is 14.6. The highest BCUT2D eigenvalue weighted by Gasteiger charge is 2.28. The molecule has 1 aliphatic rings. The Hall–Kier alpha value is -2.73. The molecule has 0 aliphatic carbocycles. The SMILES string of the molecule is CCOc1ccc(C[NH+]2CCN(C(=O)c3c(OC)cccc3OC)CC2)cc1. The summed E-state index contributed by atoms with van der Waals surface area (Å²) in [4.78, 5) is 16.4. The van der Waals surface area contributed by atoms with Gasteiger partial charge in [0.25, 0.3) is 5.91 Å². The first-order chi connectivity index (χ1) is 13.7. The van der Waals surface area contributed by atoms with Crippen molar-refractivity contribution in [2.75, 3.05) is 47.0 Å². The molecule has 1 amide bonds. The Kier molecular flexibility index (Phi) is 6.76. The van der Waals surface area contributed by atoms with E-state index in [-0.39, 0.29) is 5.91 Å². The van der Waals surface area contributed by atoms with Crippen molar-refractivity contribution in [1.29, 1.82) is 0 Å². The van der Waals surface area contributed by atoms with Crippen LogP contribution in [0, 0.1) is 0 Å². The number of nitrogens with zero attached hydrogens (tertiary/aromatic N) is 1. The van der Waals surface area contributed by atoms with Gasteiger partial charge in [-0.2, -0.15) is 0 Å². The van der Waals surface area contributed by atoms with Gasteiger partial charge in [-0.05, 0) is 43.3 Å². The second-order valence-corrected chi connectivity index (χ2v) is 6.83. The Morgan fingerprint density at radius 3 is 2.14 bits per heavy atom. The van der Waals surface area contributed by atoms with E-state index in [2.05, 4.69) is 12.1 Å². The first-order valence-electron chi connectivity index (χ1n) is 9.71. The predicted octanol–water partition coefficient (Wildman–Crippen LogP) is 1.64. The van der Waals surface area contributed by atoms with Gasteiger partial charge in [0.1, 0.15) is 29.4 Å². The van der Waals surface area contributed by atoms with Crippen LogP contribution in [0.4, 0.5) is 0 Å². The van der Waals surface area contributed by atoms with E-state index in [1.807, 2.05) is 30.0 Å². The molecule has 0 saturated carbocycles. The molecule has 0 unspecified atom stereocenters. The Morgan fingerprint density at radius 1 is 1.00 bits per heavy atom. The molecule has 3 rings (SSSR count). The standard InChI is InChI=1S/C22H28N2O4/c1-4-28-18-10-8-17(9-11-18)16-23-12-14-24(15-13-23)22(25)21-19(26-2)6-5-7-20(21)27-3/h5-11H,4,12-16H2,1-3H3/p+1. The van der Waals surface area contributed by atoms with Crippen molar-refractivity contribution in [3.63, 3.8) is 0 Å². The molecule has 1 fully saturated rings. The summed E-state index contributed by atoms with van der Waals surface area (Å²) in [5.41, 5.74) is 1.78. The lowest BCUT2D eigenvalue weighted by molar-refractivity contribution is -0.917. The van der Waals surface area contributed by atoms with E-state index < -0.39 is 0 Å². The van der Waals surface area contributed by atoms with Gasteiger partial charge in [0.2, 0.25) is 0 Å². The van der Waals surface area contributed by atoms with E-state index in [1.54, 1.807) is 26.4 Å². The number of hydrogen-bond acceptors (Lipinski definition) is 4. The molecule has 0 bridgehead atoms. The molecule has 150 valence electrons. The Morgan fingerprint density at radius 2 is 1.61 bits per heavy atom. The van der Waals surface area contributed by atoms with Crippen molar-refractivity contribution in [3.05, 3.63) is 53.6 Å². The first-order valence-corrected chi connectivity index (χ1v) is 9.71. The highest BCUT2D eigenvalue weighted by molar-refractivity contribution is 5.99. The lowest BCUT2D eigenvalue weighted by Crippen LogP contribution is -3.13. The number of piperazine rings is 1. The fourth-order valence-corrected chi connectivity index (χ4v) is 3.58. The van der Waals surface area contributed by atoms with Crippen LogP contribution in [0.15, 0.2) is 42.5 Å². The summed E-state index contributed by atoms with van der Waals surface area (Å²) in [6.07, 6.45) is 0. The maximum atomic E-state index is 13.1. The number of carbonyl (C=O) groups is 1. The van der Waals surface area contributed by atoms with Gasteiger partial charge < -0.3 is 24.0 Å². The van der Waals surface area contributed by atoms with Gasteiger partial charge in [0.15, 0.2) is 0 Å². The third kappa shape index (κ3) is 4.57. The van der Waals surface area contributed by atoms with Crippen molar-refractivity contribution < 1.29 is 23.9 Å². The van der Waals surface area contributed by atoms with E-state index >= 15 is 0 Å². The zero-order chi connectivity index (χ0) is 19.9. The van der Waals surface area contributed by atoms with E-state index in [9.17, 15) is 4.79 Å². The molecule has 2 aromatic carbocycles. The third-order valence-corrected chi connectivity index (χ3v) is 5.09. The molecule has 6 heteroatoms. The lowest BCUT2D eigenvalue weighted by Gasteiger charge is -2.32. The molecule has 1 saturated heterocycles. The van der Waals surface area contributed by atoms with Crippen molar-refractivity contribution in [2.24, 2.45) is 0 Å². The average Bonchev–Trinajstić information content (AvgIpc) is 2.74. The number of hydrogen-bond donors (Lipinski definition) is 1. The topological polar surface area (TPSA) is 52.4 Å². The van der Waals surface area contributed by atoms with E-state index in [0.29, 0.717) is 36.8 Å². The summed E-state index contributed by atoms with van der Waals surface area (Å²) in [6.45, 7) is 6.87. The summed E-state index contributed by atoms with van der Waals surface area (Å²) in [7, 11) is 3.15. The summed E-state index contributed by atoms with van der Waals surface area (Å²) >= 11 is 0. The van der Waals surface area contributed by atoms with Crippen LogP contribution in [0.5, 0.6) is 17.2 Å². The molecule has 0 aromatic heterocycles. The number of ether oxygens (including phenoxy) is 3. The highest BCUT2D eigenvalue weighted by Crippen LogP contribution is 2.29. The number of quaternary nitrogens is 1. The number of benzene rings is 2. The Balaban J connectivity index is 1.60. The van der Waals surface area contributed by atoms with Gasteiger partial charge >= 0.3 is 0 Å². The van der Waals surface area contributed by atoms with Crippen LogP contribution in [-0.2, 0) is 6.54 Å². The van der Waals surface area contributed by atoms with Crippen LogP contribution in [0.3, 0.4) is 0 Å². The first kappa shape index (κ1) is 20.0. The van der Waals surface area contributed by atoms with Crippen LogP contribution >= 0.6 is 0 Å². The summed E-state index contributed by atoms with van der Waals surface area (Å²) in [6, 6.07) is 13.7. The molecule has 28 heavy (non-hydrogen) atoms.